The minimum Gasteiger partial charge on any atom is -0.334 e. The van der Waals surface area contributed by atoms with Crippen molar-refractivity contribution in [1.82, 2.24) is 14.5 Å². The van der Waals surface area contributed by atoms with Crippen LogP contribution in [0.15, 0.2) is 58.1 Å². The second-order valence-corrected chi connectivity index (χ2v) is 10.8. The molecule has 9 nitrogen and oxygen atoms in total. The Morgan fingerprint density at radius 2 is 1.66 bits per heavy atom. The summed E-state index contributed by atoms with van der Waals surface area (Å²) in [6.45, 7) is 4.27. The van der Waals surface area contributed by atoms with Gasteiger partial charge >= 0.3 is 11.7 Å². The number of para-hydroxylation sites is 1. The molecule has 200 valence electrons. The molecule has 0 unspecified atom stereocenters. The van der Waals surface area contributed by atoms with E-state index in [1.54, 1.807) is 22.8 Å². The third kappa shape index (κ3) is 5.51. The van der Waals surface area contributed by atoms with Crippen LogP contribution in [-0.2, 0) is 11.3 Å². The second-order valence-electron chi connectivity index (χ2n) is 10.8. The summed E-state index contributed by atoms with van der Waals surface area (Å²) >= 11 is 0. The van der Waals surface area contributed by atoms with Crippen LogP contribution in [0.2, 0.25) is 0 Å². The summed E-state index contributed by atoms with van der Waals surface area (Å²) in [5.41, 5.74) is 1.15. The molecule has 0 radical (unpaired) electrons. The monoisotopic (exact) mass is 517 g/mol. The van der Waals surface area contributed by atoms with Crippen molar-refractivity contribution in [2.45, 2.75) is 71.0 Å². The average molecular weight is 518 g/mol. The van der Waals surface area contributed by atoms with Gasteiger partial charge in [0.15, 0.2) is 0 Å². The number of benzene rings is 2. The highest BCUT2D eigenvalue weighted by atomic mass is 16.2. The molecule has 3 N–H and O–H groups in total. The molecule has 0 bridgehead atoms. The van der Waals surface area contributed by atoms with Gasteiger partial charge < -0.3 is 16.0 Å². The summed E-state index contributed by atoms with van der Waals surface area (Å²) in [6, 6.07) is 13.6. The second kappa shape index (κ2) is 10.8. The summed E-state index contributed by atoms with van der Waals surface area (Å²) in [5.74, 6) is -0.210. The molecule has 9 heteroatoms. The zero-order chi connectivity index (χ0) is 26.8. The fourth-order valence-electron chi connectivity index (χ4n) is 5.39. The summed E-state index contributed by atoms with van der Waals surface area (Å²) in [4.78, 5) is 52.4. The molecular weight excluding hydrogens is 482 g/mol. The number of carbonyl (C=O) groups excluding carboxylic acids is 2. The van der Waals surface area contributed by atoms with E-state index in [0.29, 0.717) is 47.6 Å². The van der Waals surface area contributed by atoms with Crippen molar-refractivity contribution in [1.29, 1.82) is 0 Å². The minimum absolute atomic E-state index is 0.118. The van der Waals surface area contributed by atoms with Crippen LogP contribution in [0.3, 0.4) is 0 Å². The van der Waals surface area contributed by atoms with E-state index in [9.17, 15) is 19.2 Å². The van der Waals surface area contributed by atoms with Crippen LogP contribution in [0.5, 0.6) is 0 Å². The molecule has 2 fully saturated rings. The van der Waals surface area contributed by atoms with E-state index in [1.807, 2.05) is 44.2 Å². The molecule has 1 aromatic heterocycles. The number of urea groups is 1. The predicted octanol–water partition coefficient (Wildman–Crippen LogP) is 4.47. The number of aromatic nitrogens is 2. The largest absolute Gasteiger partial charge is 0.334 e. The van der Waals surface area contributed by atoms with Crippen LogP contribution in [-0.4, -0.2) is 27.1 Å². The van der Waals surface area contributed by atoms with Crippen LogP contribution >= 0.6 is 0 Å². The first kappa shape index (κ1) is 25.8. The molecule has 5 rings (SSSR count). The van der Waals surface area contributed by atoms with Gasteiger partial charge in [-0.3, -0.25) is 18.7 Å². The zero-order valence-corrected chi connectivity index (χ0v) is 21.9. The standard InChI is InChI=1S/C29H35N5O4/c1-18(2)34-25-15-14-21(16-23(25)27(36)33(29(34)38)17-19-12-13-19)30-26(35)22-10-6-7-11-24(22)32-28(37)31-20-8-4-3-5-9-20/h3-5,8-9,14-16,18-19,22,24H,6-7,10-13,17H2,1-2H3,(H,30,35)(H2,31,32,37)/t22-,24+/m0/s1. The highest BCUT2D eigenvalue weighted by Gasteiger charge is 2.32. The molecule has 2 aromatic carbocycles. The molecule has 3 amide bonds. The van der Waals surface area contributed by atoms with Crippen LogP contribution in [0.1, 0.15) is 58.4 Å². The number of nitrogens with one attached hydrogen (secondary N) is 3. The number of carbonyl (C=O) groups is 2. The molecule has 2 aliphatic rings. The number of fused-ring (bicyclic) bond motifs is 1. The van der Waals surface area contributed by atoms with Gasteiger partial charge in [0, 0.05) is 30.0 Å². The Morgan fingerprint density at radius 1 is 0.921 bits per heavy atom. The lowest BCUT2D eigenvalue weighted by Gasteiger charge is -2.31. The van der Waals surface area contributed by atoms with Crippen LogP contribution in [0, 0.1) is 11.8 Å². The summed E-state index contributed by atoms with van der Waals surface area (Å²) in [6.07, 6.45) is 5.27. The molecule has 0 aliphatic heterocycles. The maximum absolute atomic E-state index is 13.4. The Balaban J connectivity index is 1.37. The van der Waals surface area contributed by atoms with E-state index in [4.69, 9.17) is 0 Å². The average Bonchev–Trinajstić information content (AvgIpc) is 3.72. The molecule has 1 heterocycles. The highest BCUT2D eigenvalue weighted by Crippen LogP contribution is 2.30. The van der Waals surface area contributed by atoms with E-state index >= 15 is 0 Å². The van der Waals surface area contributed by atoms with Gasteiger partial charge in [-0.25, -0.2) is 9.59 Å². The number of hydrogen-bond donors (Lipinski definition) is 3. The van der Waals surface area contributed by atoms with Crippen molar-refractivity contribution in [3.05, 3.63) is 69.4 Å². The number of nitrogens with zero attached hydrogens (tertiary/aromatic N) is 2. The van der Waals surface area contributed by atoms with Gasteiger partial charge in [-0.1, -0.05) is 31.0 Å². The molecule has 38 heavy (non-hydrogen) atoms. The molecule has 0 spiro atoms. The number of anilines is 2. The van der Waals surface area contributed by atoms with Crippen LogP contribution < -0.4 is 27.2 Å². The van der Waals surface area contributed by atoms with Gasteiger partial charge in [0.1, 0.15) is 0 Å². The molecule has 2 aliphatic carbocycles. The van der Waals surface area contributed by atoms with Gasteiger partial charge in [-0.05, 0) is 75.8 Å². The van der Waals surface area contributed by atoms with Gasteiger partial charge in [-0.15, -0.1) is 0 Å². The summed E-state index contributed by atoms with van der Waals surface area (Å²) in [5, 5.41) is 9.19. The van der Waals surface area contributed by atoms with Crippen LogP contribution in [0.4, 0.5) is 16.2 Å². The molecule has 2 atom stereocenters. The maximum Gasteiger partial charge on any atom is 0.331 e. The third-order valence-electron chi connectivity index (χ3n) is 7.54. The van der Waals surface area contributed by atoms with Crippen molar-refractivity contribution in [2.24, 2.45) is 11.8 Å². The van der Waals surface area contributed by atoms with Gasteiger partial charge in [0.05, 0.1) is 16.8 Å². The topological polar surface area (TPSA) is 114 Å². The third-order valence-corrected chi connectivity index (χ3v) is 7.54. The Labute approximate surface area is 221 Å². The fourth-order valence-corrected chi connectivity index (χ4v) is 5.39. The normalized spacial score (nSPS) is 19.3. The quantitative estimate of drug-likeness (QED) is 0.429. The van der Waals surface area contributed by atoms with E-state index in [0.717, 1.165) is 25.7 Å². The zero-order valence-electron chi connectivity index (χ0n) is 21.9. The SMILES string of the molecule is CC(C)n1c(=O)n(CC2CC2)c(=O)c2cc(NC(=O)[C@H]3CCCC[C@H]3NC(=O)Nc3ccccc3)ccc21. The summed E-state index contributed by atoms with van der Waals surface area (Å²) in [7, 11) is 0. The lowest BCUT2D eigenvalue weighted by Crippen LogP contribution is -2.48. The van der Waals surface area contributed by atoms with E-state index in [1.165, 1.54) is 4.57 Å². The number of amides is 3. The lowest BCUT2D eigenvalue weighted by atomic mass is 9.84. The van der Waals surface area contributed by atoms with E-state index in [2.05, 4.69) is 16.0 Å². The molecule has 0 saturated heterocycles. The first-order valence-electron chi connectivity index (χ1n) is 13.5. The number of rotatable bonds is 7. The predicted molar refractivity (Wildman–Crippen MR) is 149 cm³/mol. The fraction of sp³-hybridized carbons (Fsp3) is 0.448. The molecule has 3 aromatic rings. The van der Waals surface area contributed by atoms with Gasteiger partial charge in [-0.2, -0.15) is 0 Å². The van der Waals surface area contributed by atoms with E-state index in [-0.39, 0.29) is 35.3 Å². The Morgan fingerprint density at radius 3 is 2.37 bits per heavy atom. The molecular formula is C29H35N5O4. The van der Waals surface area contributed by atoms with Crippen molar-refractivity contribution in [3.63, 3.8) is 0 Å². The van der Waals surface area contributed by atoms with E-state index < -0.39 is 5.92 Å². The lowest BCUT2D eigenvalue weighted by molar-refractivity contribution is -0.121. The minimum atomic E-state index is -0.392. The smallest absolute Gasteiger partial charge is 0.331 e. The summed E-state index contributed by atoms with van der Waals surface area (Å²) < 4.78 is 3.00. The van der Waals surface area contributed by atoms with Gasteiger partial charge in [0.2, 0.25) is 5.91 Å². The highest BCUT2D eigenvalue weighted by molar-refractivity contribution is 5.96. The maximum atomic E-state index is 13.4. The van der Waals surface area contributed by atoms with Crippen molar-refractivity contribution in [3.8, 4) is 0 Å². The molecule has 2 saturated carbocycles. The van der Waals surface area contributed by atoms with Gasteiger partial charge in [0.25, 0.3) is 5.56 Å². The Kier molecular flexibility index (Phi) is 7.35. The van der Waals surface area contributed by atoms with Crippen molar-refractivity contribution in [2.75, 3.05) is 10.6 Å². The first-order chi connectivity index (χ1) is 18.3. The van der Waals surface area contributed by atoms with Crippen molar-refractivity contribution < 1.29 is 9.59 Å². The van der Waals surface area contributed by atoms with Crippen LogP contribution in [0.25, 0.3) is 10.9 Å². The Hall–Kier alpha value is -3.88. The van der Waals surface area contributed by atoms with Crippen molar-refractivity contribution >= 4 is 34.2 Å². The Bertz CT molecular complexity index is 1460. The number of hydrogen-bond acceptors (Lipinski definition) is 4. The first-order valence-corrected chi connectivity index (χ1v) is 13.5.